The van der Waals surface area contributed by atoms with Crippen molar-refractivity contribution in [2.75, 3.05) is 20.2 Å². The Kier molecular flexibility index (Phi) is 4.37. The fourth-order valence-electron chi connectivity index (χ4n) is 2.46. The first kappa shape index (κ1) is 13.8. The van der Waals surface area contributed by atoms with Crippen molar-refractivity contribution in [2.45, 2.75) is 19.9 Å². The lowest BCUT2D eigenvalue weighted by atomic mass is 9.97. The fourth-order valence-corrected chi connectivity index (χ4v) is 2.46. The van der Waals surface area contributed by atoms with Gasteiger partial charge in [-0.25, -0.2) is 4.39 Å². The molecular formula is C14H19FN2O2. The number of hydrogen-bond acceptors (Lipinski definition) is 4. The molecule has 1 aliphatic rings. The van der Waals surface area contributed by atoms with Gasteiger partial charge in [0.15, 0.2) is 11.6 Å². The van der Waals surface area contributed by atoms with Crippen molar-refractivity contribution in [3.05, 3.63) is 29.6 Å². The molecule has 1 fully saturated rings. The van der Waals surface area contributed by atoms with Crippen LogP contribution in [0.3, 0.4) is 0 Å². The van der Waals surface area contributed by atoms with E-state index < -0.39 is 0 Å². The maximum absolute atomic E-state index is 13.6. The summed E-state index contributed by atoms with van der Waals surface area (Å²) in [4.78, 5) is 2.24. The number of halogens is 1. The first-order valence-corrected chi connectivity index (χ1v) is 6.39. The molecule has 0 bridgehead atoms. The monoisotopic (exact) mass is 266 g/mol. The van der Waals surface area contributed by atoms with Crippen molar-refractivity contribution in [3.63, 3.8) is 0 Å². The van der Waals surface area contributed by atoms with Crippen LogP contribution < -0.4 is 4.74 Å². The summed E-state index contributed by atoms with van der Waals surface area (Å²) >= 11 is 0. The molecule has 0 amide bonds. The molecule has 1 N–H and O–H groups in total. The maximum atomic E-state index is 13.6. The zero-order chi connectivity index (χ0) is 13.8. The van der Waals surface area contributed by atoms with E-state index in [4.69, 9.17) is 9.94 Å². The number of benzene rings is 1. The number of likely N-dealkylation sites (tertiary alicyclic amines) is 1. The highest BCUT2D eigenvalue weighted by molar-refractivity contribution is 5.86. The largest absolute Gasteiger partial charge is 0.494 e. The summed E-state index contributed by atoms with van der Waals surface area (Å²) in [5, 5.41) is 12.2. The van der Waals surface area contributed by atoms with Crippen molar-refractivity contribution < 1.29 is 14.3 Å². The molecule has 1 aromatic rings. The Bertz CT molecular complexity index is 477. The third-order valence-electron chi connectivity index (χ3n) is 3.54. The van der Waals surface area contributed by atoms with Crippen LogP contribution in [0.2, 0.25) is 0 Å². The van der Waals surface area contributed by atoms with E-state index in [0.29, 0.717) is 6.54 Å². The molecule has 1 atom stereocenters. The molecule has 5 heteroatoms. The Morgan fingerprint density at radius 3 is 2.89 bits per heavy atom. The number of rotatable bonds is 3. The van der Waals surface area contributed by atoms with Crippen LogP contribution in [0, 0.1) is 11.7 Å². The van der Waals surface area contributed by atoms with Gasteiger partial charge in [-0.15, -0.1) is 0 Å². The van der Waals surface area contributed by atoms with E-state index in [2.05, 4.69) is 10.1 Å². The normalized spacial score (nSPS) is 22.7. The van der Waals surface area contributed by atoms with Gasteiger partial charge in [0, 0.05) is 32.0 Å². The van der Waals surface area contributed by atoms with Crippen molar-refractivity contribution in [1.82, 2.24) is 4.90 Å². The zero-order valence-electron chi connectivity index (χ0n) is 11.3. The molecule has 4 nitrogen and oxygen atoms in total. The summed E-state index contributed by atoms with van der Waals surface area (Å²) in [6.45, 7) is 4.39. The van der Waals surface area contributed by atoms with E-state index >= 15 is 0 Å². The number of ether oxygens (including phenoxy) is 1. The first-order valence-electron chi connectivity index (χ1n) is 6.39. The van der Waals surface area contributed by atoms with Gasteiger partial charge in [0.1, 0.15) is 0 Å². The van der Waals surface area contributed by atoms with Crippen molar-refractivity contribution in [2.24, 2.45) is 11.1 Å². The molecule has 0 spiro atoms. The molecule has 104 valence electrons. The van der Waals surface area contributed by atoms with Crippen molar-refractivity contribution in [1.29, 1.82) is 0 Å². The minimum Gasteiger partial charge on any atom is -0.494 e. The number of nitrogens with zero attached hydrogens (tertiary/aromatic N) is 2. The summed E-state index contributed by atoms with van der Waals surface area (Å²) in [5.41, 5.74) is 1.77. The van der Waals surface area contributed by atoms with Crippen molar-refractivity contribution in [3.8, 4) is 5.75 Å². The SMILES string of the molecule is COc1ccc(CN2CC/C(=N/O)C(C)C2)cc1F. The van der Waals surface area contributed by atoms with Crippen LogP contribution in [0.25, 0.3) is 0 Å². The van der Waals surface area contributed by atoms with Crippen molar-refractivity contribution >= 4 is 5.71 Å². The Hall–Kier alpha value is -1.62. The molecule has 1 saturated heterocycles. The molecule has 1 aliphatic heterocycles. The van der Waals surface area contributed by atoms with Crippen LogP contribution in [-0.2, 0) is 6.54 Å². The van der Waals surface area contributed by atoms with Gasteiger partial charge in [-0.3, -0.25) is 4.90 Å². The molecule has 0 radical (unpaired) electrons. The summed E-state index contributed by atoms with van der Waals surface area (Å²) in [7, 11) is 1.46. The number of methoxy groups -OCH3 is 1. The Labute approximate surface area is 112 Å². The predicted molar refractivity (Wildman–Crippen MR) is 71.2 cm³/mol. The molecule has 0 aliphatic carbocycles. The average molecular weight is 266 g/mol. The lowest BCUT2D eigenvalue weighted by Crippen LogP contribution is -2.39. The molecule has 1 heterocycles. The molecule has 2 rings (SSSR count). The van der Waals surface area contributed by atoms with Crippen LogP contribution in [0.4, 0.5) is 4.39 Å². The van der Waals surface area contributed by atoms with Crippen LogP contribution in [-0.4, -0.2) is 36.0 Å². The third-order valence-corrected chi connectivity index (χ3v) is 3.54. The van der Waals surface area contributed by atoms with Crippen LogP contribution in [0.15, 0.2) is 23.4 Å². The second kappa shape index (κ2) is 6.02. The molecule has 19 heavy (non-hydrogen) atoms. The minimum atomic E-state index is -0.331. The lowest BCUT2D eigenvalue weighted by Gasteiger charge is -2.31. The topological polar surface area (TPSA) is 45.1 Å². The van der Waals surface area contributed by atoms with E-state index in [1.165, 1.54) is 13.2 Å². The van der Waals surface area contributed by atoms with Gasteiger partial charge in [-0.1, -0.05) is 18.1 Å². The number of oxime groups is 1. The molecule has 1 aromatic carbocycles. The second-order valence-electron chi connectivity index (χ2n) is 4.95. The van der Waals surface area contributed by atoms with Gasteiger partial charge >= 0.3 is 0 Å². The van der Waals surface area contributed by atoms with E-state index in [9.17, 15) is 4.39 Å². The van der Waals surface area contributed by atoms with Gasteiger partial charge in [0.25, 0.3) is 0 Å². The molecular weight excluding hydrogens is 247 g/mol. The highest BCUT2D eigenvalue weighted by Crippen LogP contribution is 2.21. The van der Waals surface area contributed by atoms with E-state index in [-0.39, 0.29) is 17.5 Å². The Morgan fingerprint density at radius 1 is 1.53 bits per heavy atom. The Morgan fingerprint density at radius 2 is 2.32 bits per heavy atom. The summed E-state index contributed by atoms with van der Waals surface area (Å²) in [6, 6.07) is 5.04. The minimum absolute atomic E-state index is 0.238. The summed E-state index contributed by atoms with van der Waals surface area (Å²) < 4.78 is 18.5. The van der Waals surface area contributed by atoms with Crippen LogP contribution in [0.1, 0.15) is 18.9 Å². The first-order chi connectivity index (χ1) is 9.13. The van der Waals surface area contributed by atoms with Gasteiger partial charge in [-0.05, 0) is 17.7 Å². The maximum Gasteiger partial charge on any atom is 0.165 e. The summed E-state index contributed by atoms with van der Waals surface area (Å²) in [6.07, 6.45) is 0.760. The zero-order valence-corrected chi connectivity index (χ0v) is 11.3. The van der Waals surface area contributed by atoms with E-state index in [1.807, 2.05) is 13.0 Å². The quantitative estimate of drug-likeness (QED) is 0.675. The van der Waals surface area contributed by atoms with Gasteiger partial charge in [0.05, 0.1) is 12.8 Å². The second-order valence-corrected chi connectivity index (χ2v) is 4.95. The van der Waals surface area contributed by atoms with Gasteiger partial charge in [0.2, 0.25) is 0 Å². The average Bonchev–Trinajstić information content (AvgIpc) is 2.39. The van der Waals surface area contributed by atoms with E-state index in [0.717, 1.165) is 30.8 Å². The number of piperidine rings is 1. The van der Waals surface area contributed by atoms with Crippen LogP contribution >= 0.6 is 0 Å². The van der Waals surface area contributed by atoms with Crippen LogP contribution in [0.5, 0.6) is 5.75 Å². The fraction of sp³-hybridized carbons (Fsp3) is 0.500. The lowest BCUT2D eigenvalue weighted by molar-refractivity contribution is 0.228. The molecule has 0 saturated carbocycles. The highest BCUT2D eigenvalue weighted by atomic mass is 19.1. The predicted octanol–water partition coefficient (Wildman–Crippen LogP) is 2.51. The summed E-state index contributed by atoms with van der Waals surface area (Å²) in [5.74, 6) is 0.176. The highest BCUT2D eigenvalue weighted by Gasteiger charge is 2.22. The molecule has 1 unspecified atom stereocenters. The Balaban J connectivity index is 2.00. The number of hydrogen-bond donors (Lipinski definition) is 1. The third kappa shape index (κ3) is 3.23. The smallest absolute Gasteiger partial charge is 0.165 e. The standard InChI is InChI=1S/C14H19FN2O2/c1-10-8-17(6-5-13(10)16-18)9-11-3-4-14(19-2)12(15)7-11/h3-4,7,10,18H,5-6,8-9H2,1-2H3/b16-13-. The molecule has 0 aromatic heterocycles. The van der Waals surface area contributed by atoms with Gasteiger partial charge < -0.3 is 9.94 Å². The van der Waals surface area contributed by atoms with E-state index in [1.54, 1.807) is 6.07 Å². The van der Waals surface area contributed by atoms with Gasteiger partial charge in [-0.2, -0.15) is 0 Å².